The highest BCUT2D eigenvalue weighted by Crippen LogP contribution is 2.28. The van der Waals surface area contributed by atoms with Crippen LogP contribution in [0.4, 0.5) is 15.4 Å². The molecule has 0 bridgehead atoms. The van der Waals surface area contributed by atoms with Gasteiger partial charge in [0.25, 0.3) is 17.7 Å². The summed E-state index contributed by atoms with van der Waals surface area (Å²) in [6, 6.07) is 12.8. The van der Waals surface area contributed by atoms with E-state index in [0.717, 1.165) is 14.5 Å². The molecule has 5 rings (SSSR count). The smallest absolute Gasteiger partial charge is 0.432 e. The minimum absolute atomic E-state index is 0.0705. The number of hydrogen-bond acceptors (Lipinski definition) is 6. The van der Waals surface area contributed by atoms with Crippen LogP contribution in [0.2, 0.25) is 0 Å². The first-order valence-corrected chi connectivity index (χ1v) is 10.9. The second-order valence-corrected chi connectivity index (χ2v) is 8.28. The summed E-state index contributed by atoms with van der Waals surface area (Å²) in [6.45, 7) is -0.188. The van der Waals surface area contributed by atoms with Crippen LogP contribution in [0.1, 0.15) is 47.9 Å². The lowest BCUT2D eigenvalue weighted by molar-refractivity contribution is 0.0640. The van der Waals surface area contributed by atoms with Gasteiger partial charge in [0, 0.05) is 24.1 Å². The second-order valence-electron chi connectivity index (χ2n) is 8.28. The van der Waals surface area contributed by atoms with Crippen molar-refractivity contribution in [2.75, 3.05) is 11.9 Å². The van der Waals surface area contributed by atoms with Crippen molar-refractivity contribution in [3.8, 4) is 0 Å². The Morgan fingerprint density at radius 3 is 2.19 bits per heavy atom. The number of benzene rings is 2. The van der Waals surface area contributed by atoms with Crippen LogP contribution in [0.3, 0.4) is 0 Å². The average Bonchev–Trinajstić information content (AvgIpc) is 3.35. The summed E-state index contributed by atoms with van der Waals surface area (Å²) in [5, 5.41) is 25.4. The van der Waals surface area contributed by atoms with Crippen molar-refractivity contribution in [3.05, 3.63) is 82.0 Å². The molecule has 12 nitrogen and oxygen atoms in total. The van der Waals surface area contributed by atoms with Crippen LogP contribution in [0, 0.1) is 0 Å². The lowest BCUT2D eigenvalue weighted by Crippen LogP contribution is -2.35. The first-order valence-electron chi connectivity index (χ1n) is 10.9. The van der Waals surface area contributed by atoms with E-state index in [1.165, 1.54) is 6.07 Å². The van der Waals surface area contributed by atoms with Crippen LogP contribution in [0.5, 0.6) is 0 Å². The molecule has 2 aliphatic heterocycles. The lowest BCUT2D eigenvalue weighted by atomic mass is 10.1. The van der Waals surface area contributed by atoms with Crippen LogP contribution < -0.4 is 5.32 Å². The molecule has 12 heteroatoms. The molecule has 0 aliphatic carbocycles. The molecule has 0 fully saturated rings. The van der Waals surface area contributed by atoms with Gasteiger partial charge in [0.2, 0.25) is 0 Å². The Morgan fingerprint density at radius 1 is 0.917 bits per heavy atom. The molecule has 0 radical (unpaired) electrons. The molecule has 0 saturated carbocycles. The Balaban J connectivity index is 1.43. The minimum atomic E-state index is -1.36. The molecule has 3 N–H and O–H groups in total. The second kappa shape index (κ2) is 8.65. The molecule has 2 aliphatic rings. The molecule has 0 unspecified atom stereocenters. The number of carboxylic acid groups (broad SMARTS) is 2. The highest BCUT2D eigenvalue weighted by atomic mass is 16.4. The van der Waals surface area contributed by atoms with Crippen LogP contribution in [0.25, 0.3) is 0 Å². The SMILES string of the molecule is O=C(Nc1nn(C(=O)O)c2c1CN(C(=O)O)CC2)c1ccccc1CN1C(=O)c2ccccc2C1=O. The van der Waals surface area contributed by atoms with Gasteiger partial charge in [0.15, 0.2) is 5.82 Å². The Hall–Kier alpha value is -5.00. The maximum Gasteiger partial charge on any atom is 0.432 e. The summed E-state index contributed by atoms with van der Waals surface area (Å²) in [7, 11) is 0. The molecule has 1 aromatic heterocycles. The number of imide groups is 1. The summed E-state index contributed by atoms with van der Waals surface area (Å²) in [5.41, 5.74) is 1.71. The van der Waals surface area contributed by atoms with Gasteiger partial charge in [-0.25, -0.2) is 9.59 Å². The first kappa shape index (κ1) is 22.8. The Bertz CT molecular complexity index is 1430. The zero-order valence-corrected chi connectivity index (χ0v) is 18.7. The van der Waals surface area contributed by atoms with Crippen molar-refractivity contribution < 1.29 is 34.2 Å². The number of nitrogens with zero attached hydrogens (tertiary/aromatic N) is 4. The molecule has 0 spiro atoms. The molecule has 3 aromatic rings. The third-order valence-electron chi connectivity index (χ3n) is 6.21. The van der Waals surface area contributed by atoms with Gasteiger partial charge < -0.3 is 20.4 Å². The fraction of sp³-hybridized carbons (Fsp3) is 0.167. The zero-order valence-electron chi connectivity index (χ0n) is 18.7. The van der Waals surface area contributed by atoms with Gasteiger partial charge in [-0.3, -0.25) is 19.3 Å². The largest absolute Gasteiger partial charge is 0.465 e. The summed E-state index contributed by atoms with van der Waals surface area (Å²) >= 11 is 0. The van der Waals surface area contributed by atoms with Crippen LogP contribution in [-0.4, -0.2) is 66.2 Å². The molecular formula is C24H19N5O7. The molecule has 2 aromatic carbocycles. The van der Waals surface area contributed by atoms with Crippen LogP contribution >= 0.6 is 0 Å². The summed E-state index contributed by atoms with van der Waals surface area (Å²) in [5.74, 6) is -1.64. The minimum Gasteiger partial charge on any atom is -0.465 e. The van der Waals surface area contributed by atoms with Gasteiger partial charge in [0.05, 0.1) is 29.9 Å². The van der Waals surface area contributed by atoms with E-state index < -0.39 is 29.9 Å². The Morgan fingerprint density at radius 2 is 1.56 bits per heavy atom. The maximum atomic E-state index is 13.2. The van der Waals surface area contributed by atoms with Crippen molar-refractivity contribution in [2.24, 2.45) is 0 Å². The van der Waals surface area contributed by atoms with Gasteiger partial charge in [0.1, 0.15) is 0 Å². The molecule has 36 heavy (non-hydrogen) atoms. The van der Waals surface area contributed by atoms with Crippen molar-refractivity contribution in [1.82, 2.24) is 19.6 Å². The normalized spacial score (nSPS) is 14.4. The number of carbonyl (C=O) groups is 5. The highest BCUT2D eigenvalue weighted by molar-refractivity contribution is 6.21. The maximum absolute atomic E-state index is 13.2. The van der Waals surface area contributed by atoms with E-state index in [-0.39, 0.29) is 43.0 Å². The highest BCUT2D eigenvalue weighted by Gasteiger charge is 2.36. The molecule has 4 amide bonds. The summed E-state index contributed by atoms with van der Waals surface area (Å²) in [6.07, 6.45) is -2.42. The third kappa shape index (κ3) is 3.74. The van der Waals surface area contributed by atoms with Gasteiger partial charge in [-0.05, 0) is 23.8 Å². The summed E-state index contributed by atoms with van der Waals surface area (Å²) < 4.78 is 0.731. The van der Waals surface area contributed by atoms with Crippen molar-refractivity contribution in [2.45, 2.75) is 19.5 Å². The van der Waals surface area contributed by atoms with Gasteiger partial charge in [-0.15, -0.1) is 5.10 Å². The number of rotatable bonds is 4. The fourth-order valence-electron chi connectivity index (χ4n) is 4.45. The predicted molar refractivity (Wildman–Crippen MR) is 123 cm³/mol. The number of amides is 4. The number of anilines is 1. The number of carbonyl (C=O) groups excluding carboxylic acids is 3. The fourth-order valence-corrected chi connectivity index (χ4v) is 4.45. The van der Waals surface area contributed by atoms with E-state index >= 15 is 0 Å². The number of fused-ring (bicyclic) bond motifs is 2. The lowest BCUT2D eigenvalue weighted by Gasteiger charge is -2.24. The molecule has 182 valence electrons. The van der Waals surface area contributed by atoms with Crippen molar-refractivity contribution in [1.29, 1.82) is 0 Å². The van der Waals surface area contributed by atoms with E-state index in [2.05, 4.69) is 10.4 Å². The van der Waals surface area contributed by atoms with E-state index in [0.29, 0.717) is 22.4 Å². The van der Waals surface area contributed by atoms with Crippen LogP contribution in [-0.2, 0) is 19.5 Å². The topological polar surface area (TPSA) is 162 Å². The quantitative estimate of drug-likeness (QED) is 0.471. The van der Waals surface area contributed by atoms with Gasteiger partial charge in [-0.2, -0.15) is 4.68 Å². The first-order chi connectivity index (χ1) is 17.3. The number of aromatic nitrogens is 2. The third-order valence-corrected chi connectivity index (χ3v) is 6.21. The van der Waals surface area contributed by atoms with Crippen LogP contribution in [0.15, 0.2) is 48.5 Å². The Kier molecular flexibility index (Phi) is 5.47. The molecule has 3 heterocycles. The zero-order chi connectivity index (χ0) is 25.6. The monoisotopic (exact) mass is 489 g/mol. The molecule has 0 saturated heterocycles. The van der Waals surface area contributed by atoms with E-state index in [1.807, 2.05) is 0 Å². The van der Waals surface area contributed by atoms with Gasteiger partial charge >= 0.3 is 12.2 Å². The standard InChI is InChI=1S/C24H19N5O7/c30-20(25-19-17-12-27(23(33)34)10-9-18(17)29(26-19)24(35)36)14-6-2-1-5-13(14)11-28-21(31)15-7-3-4-8-16(15)22(28)32/h1-8H,9-12H2,(H,33,34)(H,35,36)(H,25,26,30). The van der Waals surface area contributed by atoms with E-state index in [9.17, 15) is 34.2 Å². The summed E-state index contributed by atoms with van der Waals surface area (Å²) in [4.78, 5) is 64.0. The van der Waals surface area contributed by atoms with E-state index in [1.54, 1.807) is 42.5 Å². The molecular weight excluding hydrogens is 470 g/mol. The van der Waals surface area contributed by atoms with Gasteiger partial charge in [-0.1, -0.05) is 30.3 Å². The predicted octanol–water partition coefficient (Wildman–Crippen LogP) is 2.49. The van der Waals surface area contributed by atoms with E-state index in [4.69, 9.17) is 0 Å². The average molecular weight is 489 g/mol. The Labute approximate surface area is 203 Å². The molecule has 0 atom stereocenters. The van der Waals surface area contributed by atoms with Crippen molar-refractivity contribution >= 4 is 35.7 Å². The number of hydrogen-bond donors (Lipinski definition) is 3. The number of nitrogens with one attached hydrogen (secondary N) is 1. The van der Waals surface area contributed by atoms with Crippen molar-refractivity contribution in [3.63, 3.8) is 0 Å².